The van der Waals surface area contributed by atoms with Crippen LogP contribution in [0.5, 0.6) is 5.75 Å². The molecule has 3 rings (SSSR count). The van der Waals surface area contributed by atoms with E-state index in [1.807, 2.05) is 12.1 Å². The van der Waals surface area contributed by atoms with E-state index in [0.717, 1.165) is 20.8 Å². The van der Waals surface area contributed by atoms with Crippen molar-refractivity contribution in [2.24, 2.45) is 0 Å². The van der Waals surface area contributed by atoms with Crippen LogP contribution in [0.2, 0.25) is 0 Å². The molecule has 0 saturated carbocycles. The molecule has 0 unspecified atom stereocenters. The Hall–Kier alpha value is -1.65. The number of halogens is 2. The average molecular weight is 420 g/mol. The Labute approximate surface area is 145 Å². The number of fused-ring (bicyclic) bond motifs is 1. The lowest BCUT2D eigenvalue weighted by atomic mass is 10.1. The summed E-state index contributed by atoms with van der Waals surface area (Å²) >= 11 is 6.88. The highest BCUT2D eigenvalue weighted by molar-refractivity contribution is 9.11. The van der Waals surface area contributed by atoms with Gasteiger partial charge in [0.15, 0.2) is 0 Å². The molecular formula is C18H12Br2O2. The Bertz CT molecular complexity index is 820. The Morgan fingerprint density at radius 1 is 0.909 bits per heavy atom. The van der Waals surface area contributed by atoms with E-state index in [0.29, 0.717) is 17.9 Å². The zero-order valence-electron chi connectivity index (χ0n) is 11.6. The number of hydrogen-bond acceptors (Lipinski definition) is 2. The smallest absolute Gasteiger partial charge is 0.150 e. The molecular weight excluding hydrogens is 408 g/mol. The summed E-state index contributed by atoms with van der Waals surface area (Å²) in [6.45, 7) is 0.461. The summed E-state index contributed by atoms with van der Waals surface area (Å²) in [6.07, 6.45) is 0.808. The number of carbonyl (C=O) groups is 1. The van der Waals surface area contributed by atoms with E-state index in [1.54, 1.807) is 12.1 Å². The summed E-state index contributed by atoms with van der Waals surface area (Å²) in [5.74, 6) is 0.693. The highest BCUT2D eigenvalue weighted by Crippen LogP contribution is 2.35. The molecule has 110 valence electrons. The van der Waals surface area contributed by atoms with Gasteiger partial charge in [-0.25, -0.2) is 0 Å². The molecule has 0 heterocycles. The predicted octanol–water partition coefficient (Wildman–Crippen LogP) is 5.76. The highest BCUT2D eigenvalue weighted by Gasteiger charge is 2.09. The van der Waals surface area contributed by atoms with E-state index >= 15 is 0 Å². The van der Waals surface area contributed by atoms with Crippen LogP contribution in [-0.4, -0.2) is 6.29 Å². The number of ether oxygens (including phenoxy) is 1. The van der Waals surface area contributed by atoms with E-state index in [-0.39, 0.29) is 0 Å². The molecule has 0 aromatic heterocycles. The second-order valence-corrected chi connectivity index (χ2v) is 6.61. The molecule has 2 nitrogen and oxygen atoms in total. The third kappa shape index (κ3) is 3.23. The SMILES string of the molecule is O=Cc1cc(Br)c(OCc2ccc3ccccc3c2)c(Br)c1. The van der Waals surface area contributed by atoms with Crippen LogP contribution in [-0.2, 0) is 6.61 Å². The molecule has 0 atom stereocenters. The van der Waals surface area contributed by atoms with E-state index < -0.39 is 0 Å². The minimum absolute atomic E-state index is 0.461. The largest absolute Gasteiger partial charge is 0.487 e. The van der Waals surface area contributed by atoms with Crippen molar-refractivity contribution in [3.05, 3.63) is 74.7 Å². The minimum atomic E-state index is 0.461. The number of aldehydes is 1. The highest BCUT2D eigenvalue weighted by atomic mass is 79.9. The first-order valence-corrected chi connectivity index (χ1v) is 8.30. The van der Waals surface area contributed by atoms with Crippen molar-refractivity contribution in [1.29, 1.82) is 0 Å². The van der Waals surface area contributed by atoms with Gasteiger partial charge in [0.2, 0.25) is 0 Å². The van der Waals surface area contributed by atoms with Crippen LogP contribution in [0.1, 0.15) is 15.9 Å². The quantitative estimate of drug-likeness (QED) is 0.502. The maximum atomic E-state index is 10.8. The van der Waals surface area contributed by atoms with Gasteiger partial charge in [-0.15, -0.1) is 0 Å². The first kappa shape index (κ1) is 15.3. The van der Waals surface area contributed by atoms with Gasteiger partial charge in [0, 0.05) is 5.56 Å². The van der Waals surface area contributed by atoms with Gasteiger partial charge in [-0.1, -0.05) is 36.4 Å². The number of benzene rings is 3. The van der Waals surface area contributed by atoms with Crippen LogP contribution < -0.4 is 4.74 Å². The fourth-order valence-electron chi connectivity index (χ4n) is 2.27. The lowest BCUT2D eigenvalue weighted by molar-refractivity contribution is 0.112. The van der Waals surface area contributed by atoms with E-state index in [2.05, 4.69) is 62.2 Å². The normalized spacial score (nSPS) is 10.6. The summed E-state index contributed by atoms with van der Waals surface area (Å²) in [4.78, 5) is 10.8. The third-order valence-corrected chi connectivity index (χ3v) is 4.53. The van der Waals surface area contributed by atoms with Crippen molar-refractivity contribution >= 4 is 48.9 Å². The Balaban J connectivity index is 1.83. The first-order valence-electron chi connectivity index (χ1n) is 6.72. The van der Waals surface area contributed by atoms with Gasteiger partial charge in [0.1, 0.15) is 18.6 Å². The second-order valence-electron chi connectivity index (χ2n) is 4.90. The Morgan fingerprint density at radius 2 is 1.59 bits per heavy atom. The molecule has 0 amide bonds. The van der Waals surface area contributed by atoms with Gasteiger partial charge in [0.05, 0.1) is 8.95 Å². The monoisotopic (exact) mass is 418 g/mol. The van der Waals surface area contributed by atoms with Crippen molar-refractivity contribution in [2.45, 2.75) is 6.61 Å². The third-order valence-electron chi connectivity index (χ3n) is 3.35. The molecule has 0 N–H and O–H groups in total. The maximum absolute atomic E-state index is 10.8. The van der Waals surface area contributed by atoms with Crippen LogP contribution in [0.3, 0.4) is 0 Å². The van der Waals surface area contributed by atoms with E-state index in [1.165, 1.54) is 10.8 Å². The van der Waals surface area contributed by atoms with Crippen molar-refractivity contribution in [1.82, 2.24) is 0 Å². The molecule has 0 radical (unpaired) electrons. The molecule has 0 aliphatic heterocycles. The van der Waals surface area contributed by atoms with Gasteiger partial charge in [-0.2, -0.15) is 0 Å². The summed E-state index contributed by atoms with van der Waals surface area (Å²) in [5.41, 5.74) is 1.69. The molecule has 0 aliphatic carbocycles. The molecule has 0 spiro atoms. The van der Waals surface area contributed by atoms with Gasteiger partial charge in [-0.3, -0.25) is 4.79 Å². The van der Waals surface area contributed by atoms with Gasteiger partial charge >= 0.3 is 0 Å². The van der Waals surface area contributed by atoms with Crippen LogP contribution >= 0.6 is 31.9 Å². The zero-order valence-corrected chi connectivity index (χ0v) is 14.7. The van der Waals surface area contributed by atoms with Crippen LogP contribution in [0.25, 0.3) is 10.8 Å². The first-order chi connectivity index (χ1) is 10.7. The zero-order chi connectivity index (χ0) is 15.5. The lowest BCUT2D eigenvalue weighted by Crippen LogP contribution is -1.97. The maximum Gasteiger partial charge on any atom is 0.150 e. The summed E-state index contributed by atoms with van der Waals surface area (Å²) < 4.78 is 7.40. The molecule has 0 fully saturated rings. The number of rotatable bonds is 4. The van der Waals surface area contributed by atoms with Crippen LogP contribution in [0.15, 0.2) is 63.5 Å². The second kappa shape index (κ2) is 6.63. The topological polar surface area (TPSA) is 26.3 Å². The number of hydrogen-bond donors (Lipinski definition) is 0. The fraction of sp³-hybridized carbons (Fsp3) is 0.0556. The Kier molecular flexibility index (Phi) is 4.60. The van der Waals surface area contributed by atoms with E-state index in [4.69, 9.17) is 4.74 Å². The molecule has 3 aromatic carbocycles. The van der Waals surface area contributed by atoms with Crippen molar-refractivity contribution in [2.75, 3.05) is 0 Å². The van der Waals surface area contributed by atoms with Crippen molar-refractivity contribution in [3.8, 4) is 5.75 Å². The van der Waals surface area contributed by atoms with Crippen molar-refractivity contribution < 1.29 is 9.53 Å². The van der Waals surface area contributed by atoms with Crippen molar-refractivity contribution in [3.63, 3.8) is 0 Å². The fourth-order valence-corrected chi connectivity index (χ4v) is 3.72. The minimum Gasteiger partial charge on any atom is -0.487 e. The van der Waals surface area contributed by atoms with Gasteiger partial charge < -0.3 is 4.74 Å². The lowest BCUT2D eigenvalue weighted by Gasteiger charge is -2.11. The molecule has 0 aliphatic rings. The summed E-state index contributed by atoms with van der Waals surface area (Å²) in [5, 5.41) is 2.40. The Morgan fingerprint density at radius 3 is 2.27 bits per heavy atom. The van der Waals surface area contributed by atoms with Crippen LogP contribution in [0, 0.1) is 0 Å². The molecule has 0 saturated heterocycles. The molecule has 22 heavy (non-hydrogen) atoms. The van der Waals surface area contributed by atoms with Gasteiger partial charge in [0.25, 0.3) is 0 Å². The average Bonchev–Trinajstić information content (AvgIpc) is 2.53. The van der Waals surface area contributed by atoms with Crippen LogP contribution in [0.4, 0.5) is 0 Å². The number of carbonyl (C=O) groups excluding carboxylic acids is 1. The van der Waals surface area contributed by atoms with Gasteiger partial charge in [-0.05, 0) is 66.4 Å². The molecule has 4 heteroatoms. The standard InChI is InChI=1S/C18H12Br2O2/c19-16-8-13(10-21)9-17(20)18(16)22-11-12-5-6-14-3-1-2-4-15(14)7-12/h1-10H,11H2. The molecule has 3 aromatic rings. The summed E-state index contributed by atoms with van der Waals surface area (Å²) in [7, 11) is 0. The van der Waals surface area contributed by atoms with E-state index in [9.17, 15) is 4.79 Å². The summed E-state index contributed by atoms with van der Waals surface area (Å²) in [6, 6.07) is 18.0. The predicted molar refractivity (Wildman–Crippen MR) is 95.5 cm³/mol. The molecule has 0 bridgehead atoms.